The second kappa shape index (κ2) is 6.47. The lowest BCUT2D eigenvalue weighted by Crippen LogP contribution is -2.49. The van der Waals surface area contributed by atoms with Gasteiger partial charge in [0.15, 0.2) is 0 Å². The topological polar surface area (TPSA) is 138 Å². The lowest BCUT2D eigenvalue weighted by molar-refractivity contribution is -0.138. The van der Waals surface area contributed by atoms with Gasteiger partial charge in [-0.25, -0.2) is 10.3 Å². The van der Waals surface area contributed by atoms with Gasteiger partial charge in [-0.3, -0.25) is 19.2 Å². The van der Waals surface area contributed by atoms with Crippen molar-refractivity contribution in [2.75, 3.05) is 13.2 Å². The highest BCUT2D eigenvalue weighted by molar-refractivity contribution is 7.80. The first-order valence-electron chi connectivity index (χ1n) is 7.25. The Balaban J connectivity index is 1.57. The van der Waals surface area contributed by atoms with Crippen molar-refractivity contribution in [3.8, 4) is 0 Å². The molecule has 2 saturated heterocycles. The molecular weight excluding hydrogens is 344 g/mol. The number of hydrogen-bond donors (Lipinski definition) is 2. The fourth-order valence-electron chi connectivity index (χ4n) is 2.86. The van der Waals surface area contributed by atoms with Crippen LogP contribution in [0.3, 0.4) is 0 Å². The maximum atomic E-state index is 12.2. The van der Waals surface area contributed by atoms with Gasteiger partial charge in [-0.2, -0.15) is 13.5 Å². The van der Waals surface area contributed by atoms with Crippen molar-refractivity contribution in [2.45, 2.75) is 31.3 Å². The third kappa shape index (κ3) is 3.56. The molecule has 2 N–H and O–H groups in total. The van der Waals surface area contributed by atoms with E-state index in [1.165, 1.54) is 4.90 Å². The number of allylic oxidation sites excluding steroid dienone is 1. The first kappa shape index (κ1) is 16.8. The van der Waals surface area contributed by atoms with E-state index in [1.807, 2.05) is 6.08 Å². The molecule has 0 aromatic heterocycles. The Labute approximate surface area is 137 Å². The van der Waals surface area contributed by atoms with E-state index in [4.69, 9.17) is 9.39 Å². The summed E-state index contributed by atoms with van der Waals surface area (Å²) in [6.45, 7) is 0.241. The van der Waals surface area contributed by atoms with Crippen LogP contribution < -0.4 is 5.48 Å². The van der Waals surface area contributed by atoms with Gasteiger partial charge in [0, 0.05) is 19.2 Å². The number of urea groups is 1. The van der Waals surface area contributed by atoms with Gasteiger partial charge in [-0.05, 0) is 12.8 Å². The molecule has 11 nitrogen and oxygen atoms in total. The minimum absolute atomic E-state index is 0.115. The smallest absolute Gasteiger partial charge is 0.309 e. The number of carbonyl (C=O) groups excluding carboxylic acids is 2. The van der Waals surface area contributed by atoms with E-state index in [-0.39, 0.29) is 13.2 Å². The lowest BCUT2D eigenvalue weighted by Gasteiger charge is -2.28. The molecule has 3 aliphatic heterocycles. The number of nitrogens with one attached hydrogen (secondary N) is 1. The molecule has 0 saturated carbocycles. The van der Waals surface area contributed by atoms with E-state index in [0.29, 0.717) is 23.6 Å². The molecule has 0 aromatic carbocycles. The van der Waals surface area contributed by atoms with Crippen molar-refractivity contribution < 1.29 is 31.7 Å². The van der Waals surface area contributed by atoms with Crippen LogP contribution in [0.5, 0.6) is 0 Å². The molecule has 0 radical (unpaired) electrons. The number of fused-ring (bicyclic) bond motifs is 2. The summed E-state index contributed by atoms with van der Waals surface area (Å²) in [7, 11) is -4.81. The first-order valence-corrected chi connectivity index (χ1v) is 8.62. The number of nitrogens with zero attached hydrogens (tertiary/aromatic N) is 3. The third-order valence-electron chi connectivity index (χ3n) is 3.91. The van der Waals surface area contributed by atoms with Crippen molar-refractivity contribution in [3.63, 3.8) is 0 Å². The Bertz CT molecular complexity index is 704. The summed E-state index contributed by atoms with van der Waals surface area (Å²) in [5.41, 5.74) is 2.97. The van der Waals surface area contributed by atoms with Crippen LogP contribution >= 0.6 is 0 Å². The molecular formula is C12H16N4O7S. The molecule has 2 fully saturated rings. The Kier molecular flexibility index (Phi) is 4.54. The second-order valence-electron chi connectivity index (χ2n) is 5.51. The molecule has 0 spiro atoms. The highest BCUT2D eigenvalue weighted by Crippen LogP contribution is 2.30. The van der Waals surface area contributed by atoms with Crippen LogP contribution in [-0.4, -0.2) is 66.3 Å². The molecule has 0 aliphatic carbocycles. The lowest BCUT2D eigenvalue weighted by atomic mass is 10.0. The van der Waals surface area contributed by atoms with Gasteiger partial charge < -0.3 is 4.90 Å². The predicted molar refractivity (Wildman–Crippen MR) is 78.7 cm³/mol. The molecule has 3 rings (SSSR count). The van der Waals surface area contributed by atoms with Crippen LogP contribution in [0, 0.1) is 0 Å². The Morgan fingerprint density at radius 1 is 1.46 bits per heavy atom. The molecule has 2 atom stereocenters. The number of aliphatic imine (C=N–C) groups is 1. The van der Waals surface area contributed by atoms with Crippen molar-refractivity contribution in [2.24, 2.45) is 4.99 Å². The van der Waals surface area contributed by atoms with Crippen LogP contribution in [0.1, 0.15) is 19.3 Å². The maximum Gasteiger partial charge on any atom is 0.418 e. The average Bonchev–Trinajstić information content (AvgIpc) is 3.10. The third-order valence-corrected chi connectivity index (χ3v) is 4.26. The van der Waals surface area contributed by atoms with E-state index < -0.39 is 34.4 Å². The maximum absolute atomic E-state index is 12.2. The van der Waals surface area contributed by atoms with Crippen LogP contribution in [0.4, 0.5) is 4.79 Å². The zero-order valence-corrected chi connectivity index (χ0v) is 13.3. The largest absolute Gasteiger partial charge is 0.418 e. The second-order valence-corrected chi connectivity index (χ2v) is 6.51. The predicted octanol–water partition coefficient (Wildman–Crippen LogP) is -0.604. The van der Waals surface area contributed by atoms with E-state index in [0.717, 1.165) is 6.42 Å². The van der Waals surface area contributed by atoms with Gasteiger partial charge in [0.25, 0.3) is 5.91 Å². The average molecular weight is 360 g/mol. The van der Waals surface area contributed by atoms with Crippen LogP contribution in [0.25, 0.3) is 0 Å². The summed E-state index contributed by atoms with van der Waals surface area (Å²) in [4.78, 5) is 34.6. The van der Waals surface area contributed by atoms with Crippen LogP contribution in [0.15, 0.2) is 16.8 Å². The van der Waals surface area contributed by atoms with Gasteiger partial charge in [-0.15, -0.1) is 4.28 Å². The summed E-state index contributed by atoms with van der Waals surface area (Å²) in [5.74, 6) is -0.516. The zero-order chi connectivity index (χ0) is 17.3. The molecule has 3 heterocycles. The minimum Gasteiger partial charge on any atom is -0.309 e. The fourth-order valence-corrected chi connectivity index (χ4v) is 3.25. The van der Waals surface area contributed by atoms with E-state index in [1.54, 1.807) is 6.21 Å². The number of amides is 3. The first-order chi connectivity index (χ1) is 11.3. The normalized spacial score (nSPS) is 26.0. The molecule has 12 heteroatoms. The van der Waals surface area contributed by atoms with Gasteiger partial charge >= 0.3 is 16.4 Å². The highest BCUT2D eigenvalue weighted by Gasteiger charge is 2.49. The quantitative estimate of drug-likeness (QED) is 0.476. The van der Waals surface area contributed by atoms with Crippen LogP contribution in [-0.2, 0) is 24.3 Å². The molecule has 0 unspecified atom stereocenters. The van der Waals surface area contributed by atoms with Gasteiger partial charge in [0.2, 0.25) is 0 Å². The Morgan fingerprint density at radius 3 is 2.92 bits per heavy atom. The SMILES string of the molecule is O=C(NOCC1=CCC=N1)[C@@H]1CC[C@@H]2CN1C(=O)N2OS(=O)(=O)O. The van der Waals surface area contributed by atoms with Crippen molar-refractivity contribution in [1.29, 1.82) is 0 Å². The number of hydrogen-bond acceptors (Lipinski definition) is 7. The van der Waals surface area contributed by atoms with Crippen molar-refractivity contribution >= 4 is 28.6 Å². The summed E-state index contributed by atoms with van der Waals surface area (Å²) in [5, 5.41) is 0.585. The summed E-state index contributed by atoms with van der Waals surface area (Å²) in [6, 6.07) is -2.13. The molecule has 3 aliphatic rings. The molecule has 24 heavy (non-hydrogen) atoms. The number of rotatable bonds is 6. The van der Waals surface area contributed by atoms with E-state index in [2.05, 4.69) is 14.8 Å². The summed E-state index contributed by atoms with van der Waals surface area (Å²) >= 11 is 0. The van der Waals surface area contributed by atoms with Gasteiger partial charge in [-0.1, -0.05) is 6.08 Å². The number of carbonyl (C=O) groups is 2. The molecule has 0 aromatic rings. The Hall–Kier alpha value is -2.02. The van der Waals surface area contributed by atoms with Crippen LogP contribution in [0.2, 0.25) is 0 Å². The van der Waals surface area contributed by atoms with E-state index >= 15 is 0 Å². The molecule has 2 bridgehead atoms. The van der Waals surface area contributed by atoms with E-state index in [9.17, 15) is 18.0 Å². The number of hydroxylamine groups is 3. The summed E-state index contributed by atoms with van der Waals surface area (Å²) < 4.78 is 34.6. The monoisotopic (exact) mass is 360 g/mol. The Morgan fingerprint density at radius 2 is 2.25 bits per heavy atom. The zero-order valence-electron chi connectivity index (χ0n) is 12.5. The van der Waals surface area contributed by atoms with Gasteiger partial charge in [0.05, 0.1) is 11.7 Å². The molecule has 3 amide bonds. The standard InChI is InChI=1S/C12H16N4O7S/c17-11(14-22-7-8-2-1-5-13-8)10-4-3-9-6-15(10)12(18)16(9)23-24(19,20)21/h2,5,9-10H,1,3-4,6-7H2,(H,14,17)(H,19,20,21)/t9-,10+/m1/s1. The van der Waals surface area contributed by atoms with Gasteiger partial charge in [0.1, 0.15) is 12.6 Å². The minimum atomic E-state index is -4.81. The van der Waals surface area contributed by atoms with Crippen molar-refractivity contribution in [3.05, 3.63) is 11.8 Å². The number of piperidine rings is 1. The summed E-state index contributed by atoms with van der Waals surface area (Å²) in [6.07, 6.45) is 4.96. The molecule has 132 valence electrons. The van der Waals surface area contributed by atoms with Crippen molar-refractivity contribution in [1.82, 2.24) is 15.4 Å². The fraction of sp³-hybridized carbons (Fsp3) is 0.583. The highest BCUT2D eigenvalue weighted by atomic mass is 32.3.